The predicted molar refractivity (Wildman–Crippen MR) is 181 cm³/mol. The Hall–Kier alpha value is -3.85. The molecule has 236 valence electrons. The van der Waals surface area contributed by atoms with Crippen LogP contribution < -0.4 is 9.62 Å². The maximum absolute atomic E-state index is 14.5. The average Bonchev–Trinajstić information content (AvgIpc) is 3.03. The second kappa shape index (κ2) is 15.4. The highest BCUT2D eigenvalue weighted by molar-refractivity contribution is 7.92. The fourth-order valence-corrected chi connectivity index (χ4v) is 6.93. The van der Waals surface area contributed by atoms with Crippen LogP contribution in [0.5, 0.6) is 0 Å². The van der Waals surface area contributed by atoms with Crippen molar-refractivity contribution in [2.75, 3.05) is 17.4 Å². The number of anilines is 1. The summed E-state index contributed by atoms with van der Waals surface area (Å²) in [5, 5.41) is 3.50. The maximum Gasteiger partial charge on any atom is 0.264 e. The molecule has 0 aliphatic carbocycles. The zero-order valence-electron chi connectivity index (χ0n) is 25.5. The number of hydrogen-bond acceptors (Lipinski definition) is 4. The van der Waals surface area contributed by atoms with Gasteiger partial charge in [0.05, 0.1) is 10.6 Å². The van der Waals surface area contributed by atoms with Crippen molar-refractivity contribution in [3.05, 3.63) is 130 Å². The van der Waals surface area contributed by atoms with Crippen molar-refractivity contribution in [1.82, 2.24) is 10.2 Å². The van der Waals surface area contributed by atoms with Crippen LogP contribution in [-0.4, -0.2) is 44.3 Å². The lowest BCUT2D eigenvalue weighted by Crippen LogP contribution is -2.53. The summed E-state index contributed by atoms with van der Waals surface area (Å²) in [5.41, 5.74) is 2.63. The average molecular weight is 667 g/mol. The quantitative estimate of drug-likeness (QED) is 0.165. The number of hydrogen-bond donors (Lipinski definition) is 1. The minimum absolute atomic E-state index is 0.0380. The van der Waals surface area contributed by atoms with Crippen molar-refractivity contribution < 1.29 is 18.0 Å². The molecule has 0 aromatic heterocycles. The third-order valence-corrected chi connectivity index (χ3v) is 9.97. The third kappa shape index (κ3) is 8.45. The zero-order valence-corrected chi connectivity index (χ0v) is 27.8. The molecular formula is C35H37Cl2N3O4S. The molecule has 0 unspecified atom stereocenters. The van der Waals surface area contributed by atoms with Crippen LogP contribution in [0.3, 0.4) is 0 Å². The number of nitrogens with one attached hydrogen (secondary N) is 1. The minimum Gasteiger partial charge on any atom is -0.355 e. The number of likely N-dealkylation sites (N-methyl/N-ethyl adjacent to an activating group) is 1. The van der Waals surface area contributed by atoms with E-state index in [-0.39, 0.29) is 29.7 Å². The van der Waals surface area contributed by atoms with E-state index in [0.29, 0.717) is 27.8 Å². The molecular weight excluding hydrogens is 629 g/mol. The van der Waals surface area contributed by atoms with Crippen LogP contribution in [0, 0.1) is 0 Å². The molecule has 0 radical (unpaired) electrons. The molecule has 0 aliphatic heterocycles. The van der Waals surface area contributed by atoms with Crippen molar-refractivity contribution in [2.45, 2.75) is 50.6 Å². The molecule has 7 nitrogen and oxygen atoms in total. The Morgan fingerprint density at radius 1 is 0.800 bits per heavy atom. The molecule has 0 saturated carbocycles. The van der Waals surface area contributed by atoms with Gasteiger partial charge in [0.2, 0.25) is 11.8 Å². The molecule has 4 aromatic rings. The smallest absolute Gasteiger partial charge is 0.264 e. The van der Waals surface area contributed by atoms with Crippen LogP contribution in [0.4, 0.5) is 5.69 Å². The molecule has 1 atom stereocenters. The van der Waals surface area contributed by atoms with Gasteiger partial charge in [0.25, 0.3) is 10.0 Å². The maximum atomic E-state index is 14.5. The molecule has 0 bridgehead atoms. The largest absolute Gasteiger partial charge is 0.355 e. The van der Waals surface area contributed by atoms with E-state index in [4.69, 9.17) is 23.2 Å². The molecule has 4 aromatic carbocycles. The molecule has 0 spiro atoms. The summed E-state index contributed by atoms with van der Waals surface area (Å²) in [5.74, 6) is -0.742. The van der Waals surface area contributed by atoms with E-state index in [9.17, 15) is 18.0 Å². The Balaban J connectivity index is 1.83. The Morgan fingerprint density at radius 2 is 1.38 bits per heavy atom. The van der Waals surface area contributed by atoms with E-state index in [1.807, 2.05) is 56.3 Å². The topological polar surface area (TPSA) is 86.8 Å². The molecule has 1 N–H and O–H groups in total. The number of rotatable bonds is 13. The first-order valence-electron chi connectivity index (χ1n) is 14.7. The van der Waals surface area contributed by atoms with Crippen molar-refractivity contribution in [3.8, 4) is 0 Å². The lowest BCUT2D eigenvalue weighted by Gasteiger charge is -2.34. The summed E-state index contributed by atoms with van der Waals surface area (Å²) >= 11 is 13.1. The summed E-state index contributed by atoms with van der Waals surface area (Å²) in [4.78, 5) is 29.5. The van der Waals surface area contributed by atoms with Gasteiger partial charge in [-0.3, -0.25) is 13.9 Å². The zero-order chi connectivity index (χ0) is 32.6. The highest BCUT2D eigenvalue weighted by Gasteiger charge is 2.35. The molecule has 0 heterocycles. The van der Waals surface area contributed by atoms with Gasteiger partial charge in [0, 0.05) is 35.1 Å². The fraction of sp³-hybridized carbons (Fsp3) is 0.257. The number of benzene rings is 4. The SMILES string of the molecule is CCNC(=O)[C@H](Cc1ccccc1)N(Cc1c(Cl)cccc1Cl)C(=O)CN(c1ccc(C(C)C)cc1)S(=O)(=O)c1ccccc1. The van der Waals surface area contributed by atoms with Gasteiger partial charge >= 0.3 is 0 Å². The van der Waals surface area contributed by atoms with Gasteiger partial charge in [-0.05, 0) is 60.4 Å². The van der Waals surface area contributed by atoms with Crippen LogP contribution in [-0.2, 0) is 32.6 Å². The first-order chi connectivity index (χ1) is 21.5. The number of carbonyl (C=O) groups is 2. The highest BCUT2D eigenvalue weighted by Crippen LogP contribution is 2.29. The van der Waals surface area contributed by atoms with E-state index in [0.717, 1.165) is 15.4 Å². The molecule has 0 aliphatic rings. The van der Waals surface area contributed by atoms with Crippen LogP contribution in [0.25, 0.3) is 0 Å². The van der Waals surface area contributed by atoms with E-state index in [1.165, 1.54) is 17.0 Å². The number of sulfonamides is 1. The van der Waals surface area contributed by atoms with Crippen LogP contribution >= 0.6 is 23.2 Å². The Bertz CT molecular complexity index is 1680. The molecule has 0 saturated heterocycles. The van der Waals surface area contributed by atoms with Gasteiger partial charge in [0.15, 0.2) is 0 Å². The van der Waals surface area contributed by atoms with Crippen LogP contribution in [0.2, 0.25) is 10.0 Å². The van der Waals surface area contributed by atoms with Gasteiger partial charge in [0.1, 0.15) is 12.6 Å². The third-order valence-electron chi connectivity index (χ3n) is 7.47. The first kappa shape index (κ1) is 34.0. The molecule has 45 heavy (non-hydrogen) atoms. The molecule has 4 rings (SSSR count). The Labute approximate surface area is 275 Å². The van der Waals surface area contributed by atoms with Crippen LogP contribution in [0.15, 0.2) is 108 Å². The summed E-state index contributed by atoms with van der Waals surface area (Å²) in [6.45, 7) is 5.55. The van der Waals surface area contributed by atoms with Crippen molar-refractivity contribution in [3.63, 3.8) is 0 Å². The fourth-order valence-electron chi connectivity index (χ4n) is 4.97. The summed E-state index contributed by atoms with van der Waals surface area (Å²) < 4.78 is 29.3. The van der Waals surface area contributed by atoms with Gasteiger partial charge < -0.3 is 10.2 Å². The number of amides is 2. The van der Waals surface area contributed by atoms with E-state index in [2.05, 4.69) is 5.32 Å². The normalized spacial score (nSPS) is 12.0. The summed E-state index contributed by atoms with van der Waals surface area (Å²) in [6.07, 6.45) is 0.189. The Kier molecular flexibility index (Phi) is 11.7. The number of carbonyl (C=O) groups excluding carboxylic acids is 2. The summed E-state index contributed by atoms with van der Waals surface area (Å²) in [7, 11) is -4.19. The van der Waals surface area contributed by atoms with Crippen molar-refractivity contribution in [1.29, 1.82) is 0 Å². The van der Waals surface area contributed by atoms with Crippen molar-refractivity contribution >= 4 is 50.7 Å². The lowest BCUT2D eigenvalue weighted by atomic mass is 10.0. The predicted octanol–water partition coefficient (Wildman–Crippen LogP) is 7.09. The lowest BCUT2D eigenvalue weighted by molar-refractivity contribution is -0.140. The van der Waals surface area contributed by atoms with Gasteiger partial charge in [-0.1, -0.05) is 104 Å². The van der Waals surface area contributed by atoms with Gasteiger partial charge in [-0.15, -0.1) is 0 Å². The number of halogens is 2. The molecule has 0 fully saturated rings. The second-order valence-electron chi connectivity index (χ2n) is 10.9. The Morgan fingerprint density at radius 3 is 1.93 bits per heavy atom. The van der Waals surface area contributed by atoms with E-state index < -0.39 is 28.5 Å². The van der Waals surface area contributed by atoms with Gasteiger partial charge in [-0.2, -0.15) is 0 Å². The van der Waals surface area contributed by atoms with Gasteiger partial charge in [-0.25, -0.2) is 8.42 Å². The van der Waals surface area contributed by atoms with E-state index >= 15 is 0 Å². The monoisotopic (exact) mass is 665 g/mol. The van der Waals surface area contributed by atoms with E-state index in [1.54, 1.807) is 55.5 Å². The minimum atomic E-state index is -4.19. The summed E-state index contributed by atoms with van der Waals surface area (Å²) in [6, 6.07) is 28.4. The first-order valence-corrected chi connectivity index (χ1v) is 16.9. The number of nitrogens with zero attached hydrogens (tertiary/aromatic N) is 2. The van der Waals surface area contributed by atoms with Crippen molar-refractivity contribution in [2.24, 2.45) is 0 Å². The second-order valence-corrected chi connectivity index (χ2v) is 13.6. The standard InChI is InChI=1S/C35H37Cl2N3O4S/c1-4-38-35(42)33(22-26-12-7-5-8-13-26)39(23-30-31(36)16-11-17-32(30)37)34(41)24-40(28-20-18-27(19-21-28)25(2)3)45(43,44)29-14-9-6-10-15-29/h5-21,25,33H,4,22-24H2,1-3H3,(H,38,42)/t33-/m0/s1. The highest BCUT2D eigenvalue weighted by atomic mass is 35.5. The molecule has 2 amide bonds. The molecule has 10 heteroatoms. The van der Waals surface area contributed by atoms with Crippen LogP contribution in [0.1, 0.15) is 43.4 Å².